The van der Waals surface area contributed by atoms with Crippen LogP contribution in [0.15, 0.2) is 77.4 Å². The van der Waals surface area contributed by atoms with Crippen LogP contribution < -0.4 is 0 Å². The summed E-state index contributed by atoms with van der Waals surface area (Å²) in [6.45, 7) is 4.61. The van der Waals surface area contributed by atoms with Crippen molar-refractivity contribution in [2.45, 2.75) is 39.3 Å². The number of carbonyl (C=O) groups is 2. The molecule has 0 spiro atoms. The average molecular weight is 437 g/mol. The lowest BCUT2D eigenvalue weighted by Crippen LogP contribution is -2.46. The summed E-state index contributed by atoms with van der Waals surface area (Å²) >= 11 is 0. The van der Waals surface area contributed by atoms with Crippen LogP contribution in [0.5, 0.6) is 0 Å². The van der Waals surface area contributed by atoms with E-state index in [1.54, 1.807) is 34.3 Å². The molecule has 0 aliphatic rings. The first-order valence-corrected chi connectivity index (χ1v) is 10.8. The number of hydrogen-bond acceptors (Lipinski definition) is 3. The van der Waals surface area contributed by atoms with Crippen LogP contribution in [0.2, 0.25) is 0 Å². The number of hydrogen-bond donors (Lipinski definition) is 0. The van der Waals surface area contributed by atoms with Crippen LogP contribution in [0.3, 0.4) is 0 Å². The van der Waals surface area contributed by atoms with Gasteiger partial charge in [-0.3, -0.25) is 9.59 Å². The summed E-state index contributed by atoms with van der Waals surface area (Å²) < 4.78 is 18.6. The van der Waals surface area contributed by atoms with Gasteiger partial charge >= 0.3 is 0 Å². The Kier molecular flexibility index (Phi) is 8.20. The summed E-state index contributed by atoms with van der Waals surface area (Å²) in [5.41, 5.74) is 1.85. The van der Waals surface area contributed by atoms with E-state index in [-0.39, 0.29) is 36.6 Å². The van der Waals surface area contributed by atoms with Gasteiger partial charge in [0.05, 0.1) is 25.8 Å². The number of nitrogens with zero attached hydrogens (tertiary/aromatic N) is 2. The molecule has 0 saturated heterocycles. The third-order valence-electron chi connectivity index (χ3n) is 5.31. The molecule has 0 aliphatic heterocycles. The number of carbonyl (C=O) groups excluding carboxylic acids is 2. The van der Waals surface area contributed by atoms with Gasteiger partial charge < -0.3 is 14.2 Å². The van der Waals surface area contributed by atoms with Crippen LogP contribution in [0.1, 0.15) is 30.7 Å². The van der Waals surface area contributed by atoms with Crippen molar-refractivity contribution in [3.63, 3.8) is 0 Å². The summed E-state index contributed by atoms with van der Waals surface area (Å²) in [6, 6.07) is 19.3. The average Bonchev–Trinajstić information content (AvgIpc) is 3.30. The Morgan fingerprint density at radius 2 is 1.62 bits per heavy atom. The van der Waals surface area contributed by atoms with Crippen molar-refractivity contribution in [2.75, 3.05) is 13.1 Å². The molecule has 0 saturated carbocycles. The van der Waals surface area contributed by atoms with Crippen LogP contribution in [0, 0.1) is 5.82 Å². The van der Waals surface area contributed by atoms with E-state index in [1.807, 2.05) is 50.2 Å². The first-order chi connectivity index (χ1) is 15.4. The molecule has 0 aliphatic carbocycles. The van der Waals surface area contributed by atoms with Gasteiger partial charge in [-0.05, 0) is 55.7 Å². The summed E-state index contributed by atoms with van der Waals surface area (Å²) in [7, 11) is 0. The van der Waals surface area contributed by atoms with Crippen molar-refractivity contribution in [3.05, 3.63) is 95.7 Å². The van der Waals surface area contributed by atoms with Crippen molar-refractivity contribution >= 4 is 11.8 Å². The second-order valence-corrected chi connectivity index (χ2v) is 8.05. The highest BCUT2D eigenvalue weighted by atomic mass is 19.1. The Bertz CT molecular complexity index is 986. The fourth-order valence-corrected chi connectivity index (χ4v) is 3.47. The predicted octanol–water partition coefficient (Wildman–Crippen LogP) is 4.47. The third-order valence-corrected chi connectivity index (χ3v) is 5.31. The van der Waals surface area contributed by atoms with Gasteiger partial charge in [-0.25, -0.2) is 4.39 Å². The van der Waals surface area contributed by atoms with E-state index in [4.69, 9.17) is 4.42 Å². The minimum atomic E-state index is -0.343. The first kappa shape index (κ1) is 23.3. The molecule has 0 bridgehead atoms. The molecular formula is C26H29FN2O3. The molecule has 1 aromatic heterocycles. The molecule has 0 radical (unpaired) electrons. The molecule has 0 unspecified atom stereocenters. The largest absolute Gasteiger partial charge is 0.467 e. The fraction of sp³-hybridized carbons (Fsp3) is 0.308. The molecule has 3 rings (SSSR count). The summed E-state index contributed by atoms with van der Waals surface area (Å²) in [5.74, 6) is 0.0451. The van der Waals surface area contributed by atoms with E-state index >= 15 is 0 Å². The molecular weight excluding hydrogens is 407 g/mol. The van der Waals surface area contributed by atoms with Gasteiger partial charge in [-0.1, -0.05) is 42.5 Å². The van der Waals surface area contributed by atoms with Crippen molar-refractivity contribution < 1.29 is 18.4 Å². The third kappa shape index (κ3) is 6.80. The van der Waals surface area contributed by atoms with E-state index < -0.39 is 0 Å². The molecule has 5 nitrogen and oxygen atoms in total. The highest BCUT2D eigenvalue weighted by Crippen LogP contribution is 2.12. The lowest BCUT2D eigenvalue weighted by atomic mass is 10.1. The van der Waals surface area contributed by atoms with Gasteiger partial charge in [-0.15, -0.1) is 0 Å². The normalized spacial score (nSPS) is 10.9. The topological polar surface area (TPSA) is 53.8 Å². The molecule has 0 atom stereocenters. The molecule has 1 heterocycles. The summed E-state index contributed by atoms with van der Waals surface area (Å²) in [4.78, 5) is 29.5. The maximum absolute atomic E-state index is 13.2. The molecule has 0 fully saturated rings. The van der Waals surface area contributed by atoms with Crippen molar-refractivity contribution in [3.8, 4) is 0 Å². The molecule has 0 N–H and O–H groups in total. The van der Waals surface area contributed by atoms with Gasteiger partial charge in [0.25, 0.3) is 0 Å². The van der Waals surface area contributed by atoms with Crippen molar-refractivity contribution in [2.24, 2.45) is 0 Å². The highest BCUT2D eigenvalue weighted by molar-refractivity contribution is 5.86. The van der Waals surface area contributed by atoms with Crippen LogP contribution >= 0.6 is 0 Å². The number of benzene rings is 2. The standard InChI is InChI=1S/C26H29FN2O3/c1-20(2)29(25(30)17-22-10-12-23(27)13-11-22)19-26(31)28(18-24-9-6-16-32-24)15-14-21-7-4-3-5-8-21/h3-13,16,20H,14-15,17-19H2,1-2H3. The highest BCUT2D eigenvalue weighted by Gasteiger charge is 2.24. The molecule has 3 aromatic rings. The number of halogens is 1. The van der Waals surface area contributed by atoms with E-state index in [9.17, 15) is 14.0 Å². The Balaban J connectivity index is 1.69. The van der Waals surface area contributed by atoms with Gasteiger partial charge in [0.1, 0.15) is 11.6 Å². The maximum atomic E-state index is 13.2. The fourth-order valence-electron chi connectivity index (χ4n) is 3.47. The maximum Gasteiger partial charge on any atom is 0.242 e. The van der Waals surface area contributed by atoms with E-state index in [0.717, 1.165) is 5.56 Å². The minimum Gasteiger partial charge on any atom is -0.467 e. The zero-order valence-electron chi connectivity index (χ0n) is 18.5. The molecule has 2 aromatic carbocycles. The first-order valence-electron chi connectivity index (χ1n) is 10.8. The summed E-state index contributed by atoms with van der Waals surface area (Å²) in [5, 5.41) is 0. The van der Waals surface area contributed by atoms with Crippen molar-refractivity contribution in [1.82, 2.24) is 9.80 Å². The monoisotopic (exact) mass is 436 g/mol. The molecule has 168 valence electrons. The Labute approximate surface area is 188 Å². The number of furan rings is 1. The molecule has 2 amide bonds. The van der Waals surface area contributed by atoms with E-state index in [2.05, 4.69) is 0 Å². The minimum absolute atomic E-state index is 0.0206. The second kappa shape index (κ2) is 11.3. The van der Waals surface area contributed by atoms with Crippen LogP contribution in [-0.2, 0) is 29.0 Å². The van der Waals surface area contributed by atoms with Gasteiger partial charge in [0.15, 0.2) is 0 Å². The Morgan fingerprint density at radius 3 is 2.25 bits per heavy atom. The van der Waals surface area contributed by atoms with E-state index in [0.29, 0.717) is 30.8 Å². The van der Waals surface area contributed by atoms with Gasteiger partial charge in [0, 0.05) is 12.6 Å². The van der Waals surface area contributed by atoms with Crippen molar-refractivity contribution in [1.29, 1.82) is 0 Å². The smallest absolute Gasteiger partial charge is 0.242 e. The molecule has 32 heavy (non-hydrogen) atoms. The Hall–Kier alpha value is -3.41. The zero-order valence-corrected chi connectivity index (χ0v) is 18.5. The Morgan fingerprint density at radius 1 is 0.906 bits per heavy atom. The SMILES string of the molecule is CC(C)N(CC(=O)N(CCc1ccccc1)Cc1ccco1)C(=O)Cc1ccc(F)cc1. The number of amides is 2. The van der Waals surface area contributed by atoms with Gasteiger partial charge in [0.2, 0.25) is 11.8 Å². The van der Waals surface area contributed by atoms with E-state index in [1.165, 1.54) is 12.1 Å². The van der Waals surface area contributed by atoms with Crippen LogP contribution in [0.4, 0.5) is 4.39 Å². The second-order valence-electron chi connectivity index (χ2n) is 8.05. The van der Waals surface area contributed by atoms with Crippen LogP contribution in [0.25, 0.3) is 0 Å². The quantitative estimate of drug-likeness (QED) is 0.471. The molecule has 6 heteroatoms. The number of rotatable bonds is 10. The predicted molar refractivity (Wildman–Crippen MR) is 121 cm³/mol. The van der Waals surface area contributed by atoms with Gasteiger partial charge in [-0.2, -0.15) is 0 Å². The summed E-state index contributed by atoms with van der Waals surface area (Å²) in [6.07, 6.45) is 2.41. The lowest BCUT2D eigenvalue weighted by molar-refractivity contribution is -0.142. The zero-order chi connectivity index (χ0) is 22.9. The van der Waals surface area contributed by atoms with Crippen LogP contribution in [-0.4, -0.2) is 40.7 Å². The lowest BCUT2D eigenvalue weighted by Gasteiger charge is -2.30.